The summed E-state index contributed by atoms with van der Waals surface area (Å²) < 4.78 is 8.04. The van der Waals surface area contributed by atoms with Crippen molar-refractivity contribution >= 4 is 39.8 Å². The Kier molecular flexibility index (Phi) is 6.41. The molecule has 0 aliphatic carbocycles. The highest BCUT2D eigenvalue weighted by atomic mass is 79.9. The summed E-state index contributed by atoms with van der Waals surface area (Å²) >= 11 is 4.75. The van der Waals surface area contributed by atoms with Crippen molar-refractivity contribution in [1.82, 2.24) is 20.2 Å². The molecule has 0 aliphatic heterocycles. The van der Waals surface area contributed by atoms with Crippen LogP contribution in [0.4, 0.5) is 0 Å². The zero-order chi connectivity index (χ0) is 20.8. The number of nitrogens with zero attached hydrogens (tertiary/aromatic N) is 4. The molecule has 0 fully saturated rings. The quantitative estimate of drug-likeness (QED) is 0.238. The van der Waals surface area contributed by atoms with Gasteiger partial charge in [0.1, 0.15) is 5.76 Å². The van der Waals surface area contributed by atoms with Gasteiger partial charge < -0.3 is 4.42 Å². The van der Waals surface area contributed by atoms with Gasteiger partial charge in [-0.1, -0.05) is 58.0 Å². The minimum absolute atomic E-state index is 0.138. The van der Waals surface area contributed by atoms with Crippen molar-refractivity contribution in [3.63, 3.8) is 0 Å². The van der Waals surface area contributed by atoms with Crippen LogP contribution in [0.3, 0.4) is 0 Å². The molecule has 4 aromatic rings. The molecule has 0 saturated heterocycles. The predicted molar refractivity (Wildman–Crippen MR) is 120 cm³/mol. The maximum absolute atomic E-state index is 12.2. The number of rotatable bonds is 7. The lowest BCUT2D eigenvalue weighted by atomic mass is 10.2. The first-order valence-corrected chi connectivity index (χ1v) is 10.7. The second-order valence-corrected chi connectivity index (χ2v) is 7.94. The third kappa shape index (κ3) is 4.87. The molecule has 0 bridgehead atoms. The number of thioether (sulfide) groups is 1. The maximum Gasteiger partial charge on any atom is 0.250 e. The molecule has 0 radical (unpaired) electrons. The van der Waals surface area contributed by atoms with E-state index in [0.717, 1.165) is 15.7 Å². The third-order valence-corrected chi connectivity index (χ3v) is 5.46. The molecule has 0 unspecified atom stereocenters. The molecule has 0 aliphatic rings. The predicted octanol–water partition coefficient (Wildman–Crippen LogP) is 4.53. The summed E-state index contributed by atoms with van der Waals surface area (Å²) in [6.45, 7) is 0. The Morgan fingerprint density at radius 1 is 1.10 bits per heavy atom. The maximum atomic E-state index is 12.2. The molecule has 0 atom stereocenters. The molecule has 7 nitrogen and oxygen atoms in total. The van der Waals surface area contributed by atoms with E-state index >= 15 is 0 Å². The fraction of sp³-hybridized carbons (Fsp3) is 0.0476. The van der Waals surface area contributed by atoms with Gasteiger partial charge in [0.05, 0.1) is 18.2 Å². The Morgan fingerprint density at radius 3 is 2.63 bits per heavy atom. The van der Waals surface area contributed by atoms with Crippen LogP contribution in [0.1, 0.15) is 5.76 Å². The van der Waals surface area contributed by atoms with Crippen LogP contribution in [0.5, 0.6) is 0 Å². The largest absolute Gasteiger partial charge is 0.463 e. The average molecular weight is 482 g/mol. The Morgan fingerprint density at radius 2 is 1.90 bits per heavy atom. The molecular weight excluding hydrogens is 466 g/mol. The monoisotopic (exact) mass is 481 g/mol. The van der Waals surface area contributed by atoms with Gasteiger partial charge in [0, 0.05) is 15.7 Å². The van der Waals surface area contributed by atoms with Gasteiger partial charge in [0.2, 0.25) is 0 Å². The van der Waals surface area contributed by atoms with Gasteiger partial charge in [-0.05, 0) is 36.4 Å². The van der Waals surface area contributed by atoms with Crippen molar-refractivity contribution in [1.29, 1.82) is 0 Å². The molecule has 2 aromatic heterocycles. The number of halogens is 1. The molecule has 4 rings (SSSR count). The molecule has 0 saturated carbocycles. The van der Waals surface area contributed by atoms with Crippen LogP contribution in [0, 0.1) is 0 Å². The lowest BCUT2D eigenvalue weighted by Crippen LogP contribution is -2.19. The molecule has 2 aromatic carbocycles. The summed E-state index contributed by atoms with van der Waals surface area (Å²) in [5.74, 6) is 1.15. The Balaban J connectivity index is 1.53. The highest BCUT2D eigenvalue weighted by molar-refractivity contribution is 9.10. The normalized spacial score (nSPS) is 11.1. The van der Waals surface area contributed by atoms with Crippen LogP contribution in [-0.4, -0.2) is 32.6 Å². The number of aromatic nitrogens is 3. The van der Waals surface area contributed by atoms with E-state index in [0.29, 0.717) is 16.7 Å². The van der Waals surface area contributed by atoms with Crippen molar-refractivity contribution < 1.29 is 9.21 Å². The fourth-order valence-electron chi connectivity index (χ4n) is 2.66. The standard InChI is InChI=1S/C21H16BrN5O2S/c22-16-8-10-17(11-9-16)27-20(15-5-2-1-3-6-15)25-26-21(27)30-14-19(28)24-23-13-18-7-4-12-29-18/h1-13H,14H2,(H,24,28). The molecule has 1 amide bonds. The summed E-state index contributed by atoms with van der Waals surface area (Å²) in [5.41, 5.74) is 4.32. The first-order valence-electron chi connectivity index (χ1n) is 8.96. The number of hydrogen-bond donors (Lipinski definition) is 1. The number of amides is 1. The molecule has 1 N–H and O–H groups in total. The smallest absolute Gasteiger partial charge is 0.250 e. The van der Waals surface area contributed by atoms with Gasteiger partial charge in [0.15, 0.2) is 11.0 Å². The Labute approximate surface area is 185 Å². The molecule has 150 valence electrons. The van der Waals surface area contributed by atoms with E-state index in [9.17, 15) is 4.79 Å². The van der Waals surface area contributed by atoms with Crippen molar-refractivity contribution in [2.75, 3.05) is 5.75 Å². The van der Waals surface area contributed by atoms with Gasteiger partial charge in [-0.15, -0.1) is 10.2 Å². The lowest BCUT2D eigenvalue weighted by molar-refractivity contribution is -0.118. The number of hydrogen-bond acceptors (Lipinski definition) is 6. The van der Waals surface area contributed by atoms with Gasteiger partial charge in [-0.3, -0.25) is 9.36 Å². The minimum atomic E-state index is -0.255. The molecule has 30 heavy (non-hydrogen) atoms. The summed E-state index contributed by atoms with van der Waals surface area (Å²) in [6, 6.07) is 21.1. The summed E-state index contributed by atoms with van der Waals surface area (Å²) in [6.07, 6.45) is 2.98. The summed E-state index contributed by atoms with van der Waals surface area (Å²) in [4.78, 5) is 12.2. The number of carbonyl (C=O) groups excluding carboxylic acids is 1. The summed E-state index contributed by atoms with van der Waals surface area (Å²) in [5, 5.41) is 13.2. The van der Waals surface area contributed by atoms with Crippen LogP contribution < -0.4 is 5.43 Å². The highest BCUT2D eigenvalue weighted by Gasteiger charge is 2.17. The van der Waals surface area contributed by atoms with Gasteiger partial charge in [-0.2, -0.15) is 5.10 Å². The number of hydrazone groups is 1. The van der Waals surface area contributed by atoms with Crippen LogP contribution in [0.25, 0.3) is 17.1 Å². The van der Waals surface area contributed by atoms with Crippen LogP contribution in [0.2, 0.25) is 0 Å². The Hall–Kier alpha value is -3.17. The van der Waals surface area contributed by atoms with Crippen molar-refractivity contribution in [2.24, 2.45) is 5.10 Å². The highest BCUT2D eigenvalue weighted by Crippen LogP contribution is 2.28. The Bertz CT molecular complexity index is 1140. The van der Waals surface area contributed by atoms with Crippen molar-refractivity contribution in [2.45, 2.75) is 5.16 Å². The molecule has 2 heterocycles. The first kappa shape index (κ1) is 20.1. The van der Waals surface area contributed by atoms with E-state index in [1.807, 2.05) is 59.2 Å². The zero-order valence-corrected chi connectivity index (χ0v) is 18.0. The second-order valence-electron chi connectivity index (χ2n) is 6.08. The SMILES string of the molecule is O=C(CSc1nnc(-c2ccccc2)n1-c1ccc(Br)cc1)NN=Cc1ccco1. The van der Waals surface area contributed by atoms with E-state index in [1.54, 1.807) is 12.1 Å². The average Bonchev–Trinajstić information content (AvgIpc) is 3.43. The fourth-order valence-corrected chi connectivity index (χ4v) is 3.66. The molecule has 9 heteroatoms. The van der Waals surface area contributed by atoms with Gasteiger partial charge in [0.25, 0.3) is 5.91 Å². The number of furan rings is 1. The summed E-state index contributed by atoms with van der Waals surface area (Å²) in [7, 11) is 0. The number of nitrogens with one attached hydrogen (secondary N) is 1. The van der Waals surface area contributed by atoms with Crippen molar-refractivity contribution in [3.8, 4) is 17.1 Å². The van der Waals surface area contributed by atoms with E-state index in [4.69, 9.17) is 4.42 Å². The third-order valence-electron chi connectivity index (χ3n) is 4.01. The van der Waals surface area contributed by atoms with E-state index < -0.39 is 0 Å². The number of benzene rings is 2. The molecular formula is C21H16BrN5O2S. The molecule has 0 spiro atoms. The van der Waals surface area contributed by atoms with Crippen molar-refractivity contribution in [3.05, 3.63) is 83.2 Å². The second kappa shape index (κ2) is 9.55. The van der Waals surface area contributed by atoms with Gasteiger partial charge >= 0.3 is 0 Å². The van der Waals surface area contributed by atoms with E-state index in [1.165, 1.54) is 24.2 Å². The van der Waals surface area contributed by atoms with Crippen LogP contribution in [0.15, 0.2) is 92.1 Å². The minimum Gasteiger partial charge on any atom is -0.463 e. The topological polar surface area (TPSA) is 85.3 Å². The van der Waals surface area contributed by atoms with Gasteiger partial charge in [-0.25, -0.2) is 5.43 Å². The zero-order valence-electron chi connectivity index (χ0n) is 15.6. The number of carbonyl (C=O) groups is 1. The first-order chi connectivity index (χ1) is 14.7. The van der Waals surface area contributed by atoms with Crippen LogP contribution >= 0.6 is 27.7 Å². The van der Waals surface area contributed by atoms with E-state index in [-0.39, 0.29) is 11.7 Å². The van der Waals surface area contributed by atoms with Crippen LogP contribution in [-0.2, 0) is 4.79 Å². The van der Waals surface area contributed by atoms with E-state index in [2.05, 4.69) is 36.7 Å². The lowest BCUT2D eigenvalue weighted by Gasteiger charge is -2.10.